The van der Waals surface area contributed by atoms with Crippen molar-refractivity contribution >= 4 is 28.3 Å². The fraction of sp³-hybridized carbons (Fsp3) is 0.167. The number of amides is 2. The molecule has 5 heteroatoms. The lowest BCUT2D eigenvalue weighted by Gasteiger charge is -2.19. The van der Waals surface area contributed by atoms with E-state index in [2.05, 4.69) is 17.2 Å². The Hall–Kier alpha value is -3.60. The van der Waals surface area contributed by atoms with Crippen LogP contribution >= 0.6 is 0 Å². The summed E-state index contributed by atoms with van der Waals surface area (Å²) < 4.78 is 6.05. The molecular weight excluding hydrogens is 364 g/mol. The zero-order valence-electron chi connectivity index (χ0n) is 16.4. The van der Waals surface area contributed by atoms with Gasteiger partial charge in [0.2, 0.25) is 0 Å². The van der Waals surface area contributed by atoms with Crippen molar-refractivity contribution in [2.75, 3.05) is 11.9 Å². The molecule has 0 aromatic heterocycles. The lowest BCUT2D eigenvalue weighted by atomic mass is 10.1. The number of rotatable bonds is 8. The first-order valence-corrected chi connectivity index (χ1v) is 9.57. The first kappa shape index (κ1) is 20.1. The molecule has 0 aliphatic carbocycles. The maximum absolute atomic E-state index is 12.9. The lowest BCUT2D eigenvalue weighted by Crippen LogP contribution is -2.33. The Morgan fingerprint density at radius 3 is 2.55 bits per heavy atom. The average molecular weight is 388 g/mol. The van der Waals surface area contributed by atoms with Gasteiger partial charge in [-0.3, -0.25) is 9.59 Å². The Balaban J connectivity index is 1.79. The number of benzene rings is 3. The van der Waals surface area contributed by atoms with Gasteiger partial charge in [-0.25, -0.2) is 0 Å². The number of fused-ring (bicyclic) bond motifs is 1. The van der Waals surface area contributed by atoms with E-state index in [1.165, 1.54) is 0 Å². The average Bonchev–Trinajstić information content (AvgIpc) is 2.76. The topological polar surface area (TPSA) is 67.4 Å². The SMILES string of the molecule is C=CCNC(=O)c1ccccc1NC(=O)[C@@H](CC)Oc1cccc2ccccc12. The molecule has 0 saturated carbocycles. The molecule has 0 unspecified atom stereocenters. The monoisotopic (exact) mass is 388 g/mol. The van der Waals surface area contributed by atoms with Gasteiger partial charge in [-0.05, 0) is 30.0 Å². The summed E-state index contributed by atoms with van der Waals surface area (Å²) in [6.07, 6.45) is 1.40. The van der Waals surface area contributed by atoms with Crippen molar-refractivity contribution in [2.45, 2.75) is 19.4 Å². The highest BCUT2D eigenvalue weighted by Crippen LogP contribution is 2.27. The third-order valence-corrected chi connectivity index (χ3v) is 4.52. The minimum Gasteiger partial charge on any atom is -0.480 e. The van der Waals surface area contributed by atoms with Crippen molar-refractivity contribution in [3.05, 3.63) is 84.9 Å². The van der Waals surface area contributed by atoms with Crippen LogP contribution in [0, 0.1) is 0 Å². The molecular formula is C24H24N2O3. The van der Waals surface area contributed by atoms with Crippen LogP contribution in [-0.2, 0) is 4.79 Å². The van der Waals surface area contributed by atoms with Crippen molar-refractivity contribution in [3.8, 4) is 5.75 Å². The number of ether oxygens (including phenoxy) is 1. The van der Waals surface area contributed by atoms with E-state index < -0.39 is 6.10 Å². The van der Waals surface area contributed by atoms with E-state index in [-0.39, 0.29) is 11.8 Å². The van der Waals surface area contributed by atoms with Gasteiger partial charge in [0.15, 0.2) is 6.10 Å². The predicted molar refractivity (Wildman–Crippen MR) is 116 cm³/mol. The summed E-state index contributed by atoms with van der Waals surface area (Å²) in [5.41, 5.74) is 0.835. The van der Waals surface area contributed by atoms with Crippen LogP contribution in [-0.4, -0.2) is 24.5 Å². The highest BCUT2D eigenvalue weighted by Gasteiger charge is 2.21. The molecule has 3 rings (SSSR count). The van der Waals surface area contributed by atoms with Crippen LogP contribution in [0.25, 0.3) is 10.8 Å². The number of carbonyl (C=O) groups is 2. The van der Waals surface area contributed by atoms with E-state index in [4.69, 9.17) is 4.74 Å². The molecule has 0 heterocycles. The number of nitrogens with one attached hydrogen (secondary N) is 2. The second kappa shape index (κ2) is 9.55. The Labute approximate surface area is 170 Å². The van der Waals surface area contributed by atoms with Crippen molar-refractivity contribution in [1.29, 1.82) is 0 Å². The zero-order chi connectivity index (χ0) is 20.6. The summed E-state index contributed by atoms with van der Waals surface area (Å²) in [7, 11) is 0. The molecule has 29 heavy (non-hydrogen) atoms. The van der Waals surface area contributed by atoms with Crippen molar-refractivity contribution in [3.63, 3.8) is 0 Å². The molecule has 148 valence electrons. The quantitative estimate of drug-likeness (QED) is 0.556. The summed E-state index contributed by atoms with van der Waals surface area (Å²) in [6, 6.07) is 20.5. The number of carbonyl (C=O) groups excluding carboxylic acids is 2. The van der Waals surface area contributed by atoms with Gasteiger partial charge in [0, 0.05) is 11.9 Å². The van der Waals surface area contributed by atoms with Crippen LogP contribution in [0.5, 0.6) is 5.75 Å². The minimum absolute atomic E-state index is 0.274. The molecule has 0 saturated heterocycles. The normalized spacial score (nSPS) is 11.5. The van der Waals surface area contributed by atoms with Crippen LogP contribution in [0.3, 0.4) is 0 Å². The Kier molecular flexibility index (Phi) is 6.63. The van der Waals surface area contributed by atoms with E-state index in [9.17, 15) is 9.59 Å². The fourth-order valence-electron chi connectivity index (χ4n) is 3.04. The molecule has 1 atom stereocenters. The molecule has 0 spiro atoms. The van der Waals surface area contributed by atoms with Crippen molar-refractivity contribution in [2.24, 2.45) is 0 Å². The van der Waals surface area contributed by atoms with Gasteiger partial charge in [-0.1, -0.05) is 61.5 Å². The van der Waals surface area contributed by atoms with E-state index in [0.717, 1.165) is 10.8 Å². The van der Waals surface area contributed by atoms with E-state index in [1.807, 2.05) is 49.4 Å². The lowest BCUT2D eigenvalue weighted by molar-refractivity contribution is -0.122. The molecule has 0 bridgehead atoms. The van der Waals surface area contributed by atoms with Crippen molar-refractivity contribution in [1.82, 2.24) is 5.32 Å². The molecule has 0 radical (unpaired) electrons. The maximum Gasteiger partial charge on any atom is 0.265 e. The Morgan fingerprint density at radius 2 is 1.76 bits per heavy atom. The standard InChI is InChI=1S/C24H24N2O3/c1-3-16-25-23(27)19-13-7-8-14-20(19)26-24(28)21(4-2)29-22-15-9-11-17-10-5-6-12-18(17)22/h3,5-15,21H,1,4,16H2,2H3,(H,25,27)(H,26,28)/t21-/m1/s1. The number of para-hydroxylation sites is 1. The highest BCUT2D eigenvalue weighted by atomic mass is 16.5. The van der Waals surface area contributed by atoms with Gasteiger partial charge in [0.05, 0.1) is 11.3 Å². The smallest absolute Gasteiger partial charge is 0.265 e. The van der Waals surface area contributed by atoms with E-state index >= 15 is 0 Å². The van der Waals surface area contributed by atoms with Gasteiger partial charge in [0.25, 0.3) is 11.8 Å². The summed E-state index contributed by atoms with van der Waals surface area (Å²) in [6.45, 7) is 5.83. The molecule has 0 aliphatic rings. The van der Waals surface area contributed by atoms with Gasteiger partial charge < -0.3 is 15.4 Å². The first-order valence-electron chi connectivity index (χ1n) is 9.57. The number of anilines is 1. The molecule has 2 amide bonds. The Morgan fingerprint density at radius 1 is 1.03 bits per heavy atom. The van der Waals surface area contributed by atoms with Gasteiger partial charge in [-0.15, -0.1) is 6.58 Å². The predicted octanol–water partition coefficient (Wildman–Crippen LogP) is 4.55. The largest absolute Gasteiger partial charge is 0.480 e. The van der Waals surface area contributed by atoms with Crippen molar-refractivity contribution < 1.29 is 14.3 Å². The second-order valence-corrected chi connectivity index (χ2v) is 6.53. The van der Waals surface area contributed by atoms with Crippen LogP contribution in [0.4, 0.5) is 5.69 Å². The Bertz CT molecular complexity index is 1020. The van der Waals surface area contributed by atoms with Gasteiger partial charge in [0.1, 0.15) is 5.75 Å². The molecule has 5 nitrogen and oxygen atoms in total. The van der Waals surface area contributed by atoms with Crippen LogP contribution in [0.15, 0.2) is 79.4 Å². The maximum atomic E-state index is 12.9. The fourth-order valence-corrected chi connectivity index (χ4v) is 3.04. The number of hydrogen-bond acceptors (Lipinski definition) is 3. The summed E-state index contributed by atoms with van der Waals surface area (Å²) in [5, 5.41) is 7.56. The first-order chi connectivity index (χ1) is 14.1. The summed E-state index contributed by atoms with van der Waals surface area (Å²) >= 11 is 0. The van der Waals surface area contributed by atoms with E-state index in [1.54, 1.807) is 30.3 Å². The summed E-state index contributed by atoms with van der Waals surface area (Å²) in [5.74, 6) is 0.0790. The van der Waals surface area contributed by atoms with Crippen LogP contribution < -0.4 is 15.4 Å². The molecule has 0 aliphatic heterocycles. The van der Waals surface area contributed by atoms with E-state index in [0.29, 0.717) is 30.0 Å². The summed E-state index contributed by atoms with van der Waals surface area (Å²) in [4.78, 5) is 25.2. The second-order valence-electron chi connectivity index (χ2n) is 6.53. The molecule has 3 aromatic rings. The van der Waals surface area contributed by atoms with Gasteiger partial charge >= 0.3 is 0 Å². The highest BCUT2D eigenvalue weighted by molar-refractivity contribution is 6.04. The third-order valence-electron chi connectivity index (χ3n) is 4.52. The third kappa shape index (κ3) is 4.82. The van der Waals surface area contributed by atoms with Crippen LogP contribution in [0.2, 0.25) is 0 Å². The number of hydrogen-bond donors (Lipinski definition) is 2. The van der Waals surface area contributed by atoms with Crippen LogP contribution in [0.1, 0.15) is 23.7 Å². The molecule has 0 fully saturated rings. The molecule has 3 aromatic carbocycles. The minimum atomic E-state index is -0.690. The zero-order valence-corrected chi connectivity index (χ0v) is 16.4. The van der Waals surface area contributed by atoms with Gasteiger partial charge in [-0.2, -0.15) is 0 Å². The molecule has 2 N–H and O–H groups in total.